The summed E-state index contributed by atoms with van der Waals surface area (Å²) < 4.78 is 71.8. The minimum atomic E-state index is -5.14. The molecule has 2 N–H and O–H groups in total. The van der Waals surface area contributed by atoms with Crippen LogP contribution < -0.4 is 5.14 Å². The monoisotopic (exact) mass is 321 g/mol. The number of hydrogen-bond acceptors (Lipinski definition) is 2. The van der Waals surface area contributed by atoms with Crippen LogP contribution in [0.3, 0.4) is 0 Å². The van der Waals surface area contributed by atoms with E-state index in [0.29, 0.717) is 6.07 Å². The maximum Gasteiger partial charge on any atom is 0.420 e. The van der Waals surface area contributed by atoms with Crippen molar-refractivity contribution in [2.75, 3.05) is 0 Å². The summed E-state index contributed by atoms with van der Waals surface area (Å²) in [5.74, 6) is -1.69. The standard InChI is InChI=1S/C7H4BrF4NO2S/c8-3-1-2-4(9)5(7(10,11)12)6(3)16(13,14)15/h1-2H,(H2,13,14,15). The van der Waals surface area contributed by atoms with Crippen LogP contribution in [0.2, 0.25) is 0 Å². The fourth-order valence-corrected chi connectivity index (χ4v) is 2.92. The summed E-state index contributed by atoms with van der Waals surface area (Å²) in [5.41, 5.74) is -1.90. The first kappa shape index (κ1) is 13.4. The van der Waals surface area contributed by atoms with Crippen LogP contribution in [0.5, 0.6) is 0 Å². The van der Waals surface area contributed by atoms with E-state index in [1.54, 1.807) is 0 Å². The summed E-state index contributed by atoms with van der Waals surface area (Å²) in [5, 5.41) is 4.60. The second-order valence-corrected chi connectivity index (χ2v) is 5.13. The van der Waals surface area contributed by atoms with Crippen LogP contribution in [0.25, 0.3) is 0 Å². The Balaban J connectivity index is 3.78. The van der Waals surface area contributed by atoms with Crippen LogP contribution in [-0.4, -0.2) is 8.42 Å². The van der Waals surface area contributed by atoms with Gasteiger partial charge in [-0.3, -0.25) is 0 Å². The molecule has 0 unspecified atom stereocenters. The highest BCUT2D eigenvalue weighted by molar-refractivity contribution is 9.10. The predicted octanol–water partition coefficient (Wildman–Crippen LogP) is 2.25. The fraction of sp³-hybridized carbons (Fsp3) is 0.143. The molecule has 3 nitrogen and oxygen atoms in total. The van der Waals surface area contributed by atoms with Crippen molar-refractivity contribution in [2.45, 2.75) is 11.1 Å². The molecule has 1 aromatic rings. The summed E-state index contributed by atoms with van der Waals surface area (Å²) in [7, 11) is -4.68. The van der Waals surface area contributed by atoms with Crippen molar-refractivity contribution in [3.05, 3.63) is 28.0 Å². The van der Waals surface area contributed by atoms with Gasteiger partial charge in [0, 0.05) is 4.47 Å². The highest BCUT2D eigenvalue weighted by atomic mass is 79.9. The number of primary sulfonamides is 1. The Hall–Kier alpha value is -0.670. The zero-order valence-corrected chi connectivity index (χ0v) is 9.75. The molecule has 0 aliphatic heterocycles. The normalized spacial score (nSPS) is 12.9. The Morgan fingerprint density at radius 1 is 1.25 bits per heavy atom. The molecule has 0 spiro atoms. The number of nitrogens with two attached hydrogens (primary N) is 1. The van der Waals surface area contributed by atoms with Crippen LogP contribution in [0.4, 0.5) is 17.6 Å². The molecule has 0 heterocycles. The van der Waals surface area contributed by atoms with Gasteiger partial charge in [-0.05, 0) is 28.1 Å². The van der Waals surface area contributed by atoms with Gasteiger partial charge in [-0.1, -0.05) is 0 Å². The Morgan fingerprint density at radius 2 is 1.75 bits per heavy atom. The first-order chi connectivity index (χ1) is 7.05. The Bertz CT molecular complexity index is 526. The highest BCUT2D eigenvalue weighted by Crippen LogP contribution is 2.38. The van der Waals surface area contributed by atoms with Crippen LogP contribution >= 0.6 is 15.9 Å². The van der Waals surface area contributed by atoms with Crippen LogP contribution in [0, 0.1) is 5.82 Å². The number of hydrogen-bond donors (Lipinski definition) is 1. The maximum atomic E-state index is 13.0. The summed E-state index contributed by atoms with van der Waals surface area (Å²) in [6.07, 6.45) is -5.14. The molecular weight excluding hydrogens is 318 g/mol. The third-order valence-corrected chi connectivity index (χ3v) is 3.54. The van der Waals surface area contributed by atoms with Crippen molar-refractivity contribution in [2.24, 2.45) is 5.14 Å². The predicted molar refractivity (Wildman–Crippen MR) is 50.5 cm³/mol. The van der Waals surface area contributed by atoms with Crippen molar-refractivity contribution in [1.82, 2.24) is 0 Å². The average Bonchev–Trinajstić information content (AvgIpc) is 2.04. The molecule has 0 bridgehead atoms. The largest absolute Gasteiger partial charge is 0.420 e. The van der Waals surface area contributed by atoms with E-state index < -0.39 is 36.9 Å². The van der Waals surface area contributed by atoms with E-state index in [2.05, 4.69) is 21.1 Å². The van der Waals surface area contributed by atoms with Crippen molar-refractivity contribution in [3.8, 4) is 0 Å². The molecule has 0 aliphatic rings. The molecule has 0 aromatic heterocycles. The van der Waals surface area contributed by atoms with Crippen LogP contribution in [0.15, 0.2) is 21.5 Å². The van der Waals surface area contributed by atoms with Crippen molar-refractivity contribution in [1.29, 1.82) is 0 Å². The van der Waals surface area contributed by atoms with E-state index >= 15 is 0 Å². The number of rotatable bonds is 1. The second kappa shape index (κ2) is 3.97. The molecule has 90 valence electrons. The zero-order chi connectivity index (χ0) is 12.7. The van der Waals surface area contributed by atoms with Crippen molar-refractivity contribution >= 4 is 26.0 Å². The lowest BCUT2D eigenvalue weighted by atomic mass is 10.2. The molecule has 16 heavy (non-hydrogen) atoms. The molecule has 1 rings (SSSR count). The van der Waals surface area contributed by atoms with Crippen molar-refractivity contribution < 1.29 is 26.0 Å². The van der Waals surface area contributed by atoms with Gasteiger partial charge in [0.15, 0.2) is 0 Å². The zero-order valence-electron chi connectivity index (χ0n) is 7.35. The first-order valence-corrected chi connectivity index (χ1v) is 5.97. The first-order valence-electron chi connectivity index (χ1n) is 3.63. The number of halogens is 5. The summed E-state index contributed by atoms with van der Waals surface area (Å²) in [6, 6.07) is 1.34. The summed E-state index contributed by atoms with van der Waals surface area (Å²) >= 11 is 2.58. The van der Waals surface area contributed by atoms with Gasteiger partial charge in [-0.25, -0.2) is 17.9 Å². The van der Waals surface area contributed by atoms with Gasteiger partial charge >= 0.3 is 6.18 Å². The minimum Gasteiger partial charge on any atom is -0.225 e. The molecule has 0 atom stereocenters. The highest BCUT2D eigenvalue weighted by Gasteiger charge is 2.40. The van der Waals surface area contributed by atoms with Gasteiger partial charge in [0.2, 0.25) is 10.0 Å². The van der Waals surface area contributed by atoms with Crippen LogP contribution in [0.1, 0.15) is 5.56 Å². The number of alkyl halides is 3. The minimum absolute atomic E-state index is 0.441. The van der Waals surface area contributed by atoms with Gasteiger partial charge in [-0.2, -0.15) is 13.2 Å². The molecule has 0 saturated carbocycles. The topological polar surface area (TPSA) is 60.2 Å². The fourth-order valence-electron chi connectivity index (χ4n) is 1.08. The molecule has 1 aromatic carbocycles. The Labute approximate surface area is 96.4 Å². The van der Waals surface area contributed by atoms with Crippen molar-refractivity contribution in [3.63, 3.8) is 0 Å². The lowest BCUT2D eigenvalue weighted by Crippen LogP contribution is -2.21. The third kappa shape index (κ3) is 2.53. The lowest BCUT2D eigenvalue weighted by molar-refractivity contribution is -0.142. The van der Waals surface area contributed by atoms with Gasteiger partial charge in [0.05, 0.1) is 0 Å². The Morgan fingerprint density at radius 3 is 2.06 bits per heavy atom. The van der Waals surface area contributed by atoms with E-state index in [4.69, 9.17) is 0 Å². The van der Waals surface area contributed by atoms with E-state index in [9.17, 15) is 26.0 Å². The van der Waals surface area contributed by atoms with E-state index in [0.717, 1.165) is 6.07 Å². The Kier molecular flexibility index (Phi) is 3.32. The maximum absolute atomic E-state index is 13.0. The lowest BCUT2D eigenvalue weighted by Gasteiger charge is -2.13. The molecule has 0 fully saturated rings. The SMILES string of the molecule is NS(=O)(=O)c1c(Br)ccc(F)c1C(F)(F)F. The molecule has 0 saturated heterocycles. The molecule has 0 aliphatic carbocycles. The second-order valence-electron chi connectivity index (χ2n) is 2.78. The van der Waals surface area contributed by atoms with Crippen LogP contribution in [-0.2, 0) is 16.2 Å². The molecule has 0 amide bonds. The van der Waals surface area contributed by atoms with E-state index in [1.807, 2.05) is 0 Å². The third-order valence-electron chi connectivity index (χ3n) is 1.63. The quantitative estimate of drug-likeness (QED) is 0.806. The number of sulfonamides is 1. The number of benzene rings is 1. The van der Waals surface area contributed by atoms with E-state index in [-0.39, 0.29) is 0 Å². The molecular formula is C7H4BrF4NO2S. The molecule has 0 radical (unpaired) electrons. The smallest absolute Gasteiger partial charge is 0.225 e. The summed E-state index contributed by atoms with van der Waals surface area (Å²) in [6.45, 7) is 0. The van der Waals surface area contributed by atoms with Gasteiger partial charge in [0.1, 0.15) is 16.3 Å². The average molecular weight is 322 g/mol. The van der Waals surface area contributed by atoms with Gasteiger partial charge in [-0.15, -0.1) is 0 Å². The summed E-state index contributed by atoms with van der Waals surface area (Å²) in [4.78, 5) is -1.31. The van der Waals surface area contributed by atoms with Gasteiger partial charge < -0.3 is 0 Å². The van der Waals surface area contributed by atoms with E-state index in [1.165, 1.54) is 0 Å². The van der Waals surface area contributed by atoms with Gasteiger partial charge in [0.25, 0.3) is 0 Å². The molecule has 9 heteroatoms.